The number of ether oxygens (including phenoxy) is 2. The van der Waals surface area contributed by atoms with E-state index < -0.39 is 0 Å². The van der Waals surface area contributed by atoms with Crippen molar-refractivity contribution in [3.63, 3.8) is 0 Å². The Morgan fingerprint density at radius 3 is 2.52 bits per heavy atom. The maximum atomic E-state index is 11.7. The highest BCUT2D eigenvalue weighted by atomic mass is 16.6. The second kappa shape index (κ2) is 6.97. The molecule has 164 valence electrons. The van der Waals surface area contributed by atoms with Gasteiger partial charge >= 0.3 is 5.97 Å². The predicted molar refractivity (Wildman–Crippen MR) is 114 cm³/mol. The summed E-state index contributed by atoms with van der Waals surface area (Å²) in [6.07, 6.45) is 14.2. The van der Waals surface area contributed by atoms with E-state index in [1.165, 1.54) is 64.9 Å². The highest BCUT2D eigenvalue weighted by molar-refractivity contribution is 5.69. The van der Waals surface area contributed by atoms with Crippen molar-refractivity contribution >= 4 is 5.97 Å². The molecule has 1 saturated heterocycles. The summed E-state index contributed by atoms with van der Waals surface area (Å²) in [5, 5.41) is 0. The summed E-state index contributed by atoms with van der Waals surface area (Å²) >= 11 is 0. The molecule has 3 unspecified atom stereocenters. The molecule has 0 aromatic heterocycles. The van der Waals surface area contributed by atoms with Crippen molar-refractivity contribution in [2.24, 2.45) is 46.3 Å². The van der Waals surface area contributed by atoms with Crippen LogP contribution in [-0.2, 0) is 14.3 Å². The number of esters is 1. The second-order valence-corrected chi connectivity index (χ2v) is 12.2. The lowest BCUT2D eigenvalue weighted by Gasteiger charge is -2.61. The average Bonchev–Trinajstić information content (AvgIpc) is 3.37. The van der Waals surface area contributed by atoms with Gasteiger partial charge in [0, 0.05) is 6.42 Å². The number of methoxy groups -OCH3 is 1. The van der Waals surface area contributed by atoms with Crippen molar-refractivity contribution < 1.29 is 14.3 Å². The van der Waals surface area contributed by atoms with Crippen LogP contribution in [0.25, 0.3) is 0 Å². The third kappa shape index (κ3) is 3.12. The minimum absolute atomic E-state index is 0.0405. The Labute approximate surface area is 177 Å². The Morgan fingerprint density at radius 1 is 1.03 bits per heavy atom. The van der Waals surface area contributed by atoms with E-state index in [9.17, 15) is 4.79 Å². The minimum Gasteiger partial charge on any atom is -0.469 e. The molecule has 3 nitrogen and oxygen atoms in total. The first kappa shape index (κ1) is 20.3. The summed E-state index contributed by atoms with van der Waals surface area (Å²) in [4.78, 5) is 11.7. The van der Waals surface area contributed by atoms with Gasteiger partial charge in [0.25, 0.3) is 0 Å². The largest absolute Gasteiger partial charge is 0.469 e. The van der Waals surface area contributed by atoms with Crippen LogP contribution < -0.4 is 0 Å². The normalized spacial score (nSPS) is 51.7. The van der Waals surface area contributed by atoms with Crippen molar-refractivity contribution in [3.05, 3.63) is 0 Å². The Morgan fingerprint density at radius 2 is 1.79 bits per heavy atom. The molecule has 9 atom stereocenters. The van der Waals surface area contributed by atoms with Gasteiger partial charge in [-0.05, 0) is 111 Å². The van der Waals surface area contributed by atoms with Crippen molar-refractivity contribution in [1.29, 1.82) is 0 Å². The van der Waals surface area contributed by atoms with E-state index in [1.54, 1.807) is 0 Å². The molecule has 29 heavy (non-hydrogen) atoms. The molecular weight excluding hydrogens is 360 g/mol. The zero-order chi connectivity index (χ0) is 20.4. The van der Waals surface area contributed by atoms with Gasteiger partial charge in [0.1, 0.15) is 0 Å². The van der Waals surface area contributed by atoms with Gasteiger partial charge in [0.05, 0.1) is 19.3 Å². The van der Waals surface area contributed by atoms with E-state index in [0.29, 0.717) is 28.8 Å². The van der Waals surface area contributed by atoms with Crippen LogP contribution in [0, 0.1) is 46.3 Å². The molecule has 3 heteroatoms. The lowest BCUT2D eigenvalue weighted by atomic mass is 9.44. The van der Waals surface area contributed by atoms with Gasteiger partial charge in [0.2, 0.25) is 0 Å². The SMILES string of the molecule is COC(=O)CC[C@@H](C)[C@H]1CCC2C3CC[C@@H]4C[C@@]5(CC[C@]4(C)C3CC[C@@]21C)CO5. The molecule has 0 N–H and O–H groups in total. The van der Waals surface area contributed by atoms with E-state index in [4.69, 9.17) is 9.47 Å². The van der Waals surface area contributed by atoms with Gasteiger partial charge in [-0.1, -0.05) is 20.8 Å². The van der Waals surface area contributed by atoms with Crippen LogP contribution in [-0.4, -0.2) is 25.3 Å². The molecular formula is C26H42O3. The summed E-state index contributed by atoms with van der Waals surface area (Å²) in [7, 11) is 1.51. The molecule has 0 aromatic rings. The van der Waals surface area contributed by atoms with Crippen molar-refractivity contribution in [2.45, 2.75) is 97.0 Å². The van der Waals surface area contributed by atoms with Crippen molar-refractivity contribution in [2.75, 3.05) is 13.7 Å². The summed E-state index contributed by atoms with van der Waals surface area (Å²) in [6, 6.07) is 0. The molecule has 1 aliphatic heterocycles. The van der Waals surface area contributed by atoms with E-state index in [0.717, 1.165) is 42.6 Å². The van der Waals surface area contributed by atoms with Crippen LogP contribution in [0.4, 0.5) is 0 Å². The number of rotatable bonds is 4. The molecule has 1 spiro atoms. The molecule has 5 rings (SSSR count). The lowest BCUT2D eigenvalue weighted by molar-refractivity contribution is -0.141. The standard InChI is InChI=1S/C26H42O3/c1-17(5-10-23(27)28-4)20-8-9-21-19-7-6-18-15-26(16-29-26)14-13-24(18,2)22(19)11-12-25(20,21)3/h17-22H,5-16H2,1-4H3/t17-,18-,19?,20-,21?,22?,24+,25-,26+/m1/s1. The van der Waals surface area contributed by atoms with E-state index in [1.807, 2.05) is 0 Å². The maximum Gasteiger partial charge on any atom is 0.305 e. The van der Waals surface area contributed by atoms with Gasteiger partial charge in [-0.15, -0.1) is 0 Å². The third-order valence-corrected chi connectivity index (χ3v) is 11.1. The van der Waals surface area contributed by atoms with Crippen LogP contribution >= 0.6 is 0 Å². The number of hydrogen-bond acceptors (Lipinski definition) is 3. The monoisotopic (exact) mass is 402 g/mol. The van der Waals surface area contributed by atoms with Gasteiger partial charge in [-0.2, -0.15) is 0 Å². The first-order valence-corrected chi connectivity index (χ1v) is 12.5. The quantitative estimate of drug-likeness (QED) is 0.427. The van der Waals surface area contributed by atoms with Crippen LogP contribution in [0.3, 0.4) is 0 Å². The van der Waals surface area contributed by atoms with E-state index in [-0.39, 0.29) is 5.97 Å². The number of carbonyl (C=O) groups excluding carboxylic acids is 1. The van der Waals surface area contributed by atoms with Crippen LogP contribution in [0.1, 0.15) is 91.4 Å². The topological polar surface area (TPSA) is 38.8 Å². The molecule has 0 radical (unpaired) electrons. The fraction of sp³-hybridized carbons (Fsp3) is 0.962. The third-order valence-electron chi connectivity index (χ3n) is 11.1. The molecule has 0 aromatic carbocycles. The van der Waals surface area contributed by atoms with Crippen LogP contribution in [0.5, 0.6) is 0 Å². The number of epoxide rings is 1. The molecule has 0 bridgehead atoms. The lowest BCUT2D eigenvalue weighted by Crippen LogP contribution is -2.54. The Bertz CT molecular complexity index is 654. The second-order valence-electron chi connectivity index (χ2n) is 12.2. The minimum atomic E-state index is -0.0405. The molecule has 4 aliphatic carbocycles. The Balaban J connectivity index is 1.30. The summed E-state index contributed by atoms with van der Waals surface area (Å²) in [6.45, 7) is 8.74. The maximum absolute atomic E-state index is 11.7. The van der Waals surface area contributed by atoms with E-state index in [2.05, 4.69) is 20.8 Å². The fourth-order valence-electron chi connectivity index (χ4n) is 9.30. The summed E-state index contributed by atoms with van der Waals surface area (Å²) < 4.78 is 10.8. The number of fused-ring (bicyclic) bond motifs is 5. The predicted octanol–water partition coefficient (Wildman–Crippen LogP) is 6.00. The molecule has 5 aliphatic rings. The molecule has 1 heterocycles. The van der Waals surface area contributed by atoms with Gasteiger partial charge in [0.15, 0.2) is 0 Å². The first-order chi connectivity index (χ1) is 13.8. The molecule has 5 fully saturated rings. The van der Waals surface area contributed by atoms with Crippen molar-refractivity contribution in [1.82, 2.24) is 0 Å². The van der Waals surface area contributed by atoms with Gasteiger partial charge in [-0.3, -0.25) is 4.79 Å². The first-order valence-electron chi connectivity index (χ1n) is 12.5. The van der Waals surface area contributed by atoms with Crippen LogP contribution in [0.15, 0.2) is 0 Å². The number of hydrogen-bond donors (Lipinski definition) is 0. The highest BCUT2D eigenvalue weighted by Crippen LogP contribution is 2.69. The zero-order valence-corrected chi connectivity index (χ0v) is 19.2. The van der Waals surface area contributed by atoms with E-state index >= 15 is 0 Å². The van der Waals surface area contributed by atoms with Gasteiger partial charge < -0.3 is 9.47 Å². The summed E-state index contributed by atoms with van der Waals surface area (Å²) in [5.74, 6) is 5.09. The zero-order valence-electron chi connectivity index (χ0n) is 19.2. The Hall–Kier alpha value is -0.570. The Kier molecular flexibility index (Phi) is 4.89. The summed E-state index contributed by atoms with van der Waals surface area (Å²) in [5.41, 5.74) is 1.37. The highest BCUT2D eigenvalue weighted by Gasteiger charge is 2.63. The van der Waals surface area contributed by atoms with Crippen LogP contribution in [0.2, 0.25) is 0 Å². The smallest absolute Gasteiger partial charge is 0.305 e. The van der Waals surface area contributed by atoms with Crippen molar-refractivity contribution in [3.8, 4) is 0 Å². The number of carbonyl (C=O) groups is 1. The van der Waals surface area contributed by atoms with Gasteiger partial charge in [-0.25, -0.2) is 0 Å². The fourth-order valence-corrected chi connectivity index (χ4v) is 9.30. The molecule has 0 amide bonds. The molecule has 4 saturated carbocycles. The average molecular weight is 403 g/mol.